The lowest BCUT2D eigenvalue weighted by atomic mass is 10.1. The third-order valence-electron chi connectivity index (χ3n) is 2.29. The van der Waals surface area contributed by atoms with Crippen molar-refractivity contribution in [1.82, 2.24) is 4.98 Å². The van der Waals surface area contributed by atoms with Crippen molar-refractivity contribution in [2.45, 2.75) is 13.3 Å². The van der Waals surface area contributed by atoms with E-state index in [4.69, 9.17) is 11.6 Å². The first-order chi connectivity index (χ1) is 7.66. The van der Waals surface area contributed by atoms with Crippen molar-refractivity contribution in [3.63, 3.8) is 0 Å². The molecule has 0 fully saturated rings. The van der Waals surface area contributed by atoms with Crippen LogP contribution < -0.4 is 0 Å². The first-order valence-corrected chi connectivity index (χ1v) is 6.05. The number of thiophene rings is 1. The van der Waals surface area contributed by atoms with Crippen molar-refractivity contribution < 1.29 is 4.79 Å². The van der Waals surface area contributed by atoms with Gasteiger partial charge in [-0.3, -0.25) is 9.78 Å². The average molecular weight is 252 g/mol. The molecular weight excluding hydrogens is 242 g/mol. The van der Waals surface area contributed by atoms with E-state index in [0.29, 0.717) is 15.6 Å². The molecule has 0 N–H and O–H groups in total. The molecule has 0 amide bonds. The van der Waals surface area contributed by atoms with Crippen LogP contribution in [0.2, 0.25) is 4.34 Å². The summed E-state index contributed by atoms with van der Waals surface area (Å²) in [7, 11) is 0. The van der Waals surface area contributed by atoms with Crippen LogP contribution in [0.5, 0.6) is 0 Å². The van der Waals surface area contributed by atoms with Gasteiger partial charge in [-0.2, -0.15) is 0 Å². The van der Waals surface area contributed by atoms with Crippen molar-refractivity contribution in [2.24, 2.45) is 0 Å². The molecule has 0 saturated carbocycles. The van der Waals surface area contributed by atoms with Crippen LogP contribution in [0.15, 0.2) is 30.5 Å². The molecule has 16 heavy (non-hydrogen) atoms. The van der Waals surface area contributed by atoms with E-state index < -0.39 is 0 Å². The maximum Gasteiger partial charge on any atom is 0.178 e. The van der Waals surface area contributed by atoms with E-state index in [0.717, 1.165) is 11.3 Å². The molecular formula is C12H10ClNOS. The summed E-state index contributed by atoms with van der Waals surface area (Å²) in [6, 6.07) is 7.32. The highest BCUT2D eigenvalue weighted by Gasteiger charge is 2.11. The third kappa shape index (κ3) is 2.49. The second kappa shape index (κ2) is 4.76. The van der Waals surface area contributed by atoms with Crippen LogP contribution in [0.1, 0.15) is 20.9 Å². The van der Waals surface area contributed by atoms with E-state index in [1.165, 1.54) is 11.3 Å². The molecule has 4 heteroatoms. The number of pyridine rings is 1. The Labute approximate surface area is 103 Å². The lowest BCUT2D eigenvalue weighted by Gasteiger charge is -2.01. The predicted octanol–water partition coefficient (Wildman–Crippen LogP) is 3.53. The van der Waals surface area contributed by atoms with E-state index in [-0.39, 0.29) is 5.78 Å². The van der Waals surface area contributed by atoms with Gasteiger partial charge in [0.05, 0.1) is 21.3 Å². The summed E-state index contributed by atoms with van der Waals surface area (Å²) >= 11 is 7.10. The fourth-order valence-electron chi connectivity index (χ4n) is 1.41. The summed E-state index contributed by atoms with van der Waals surface area (Å²) in [6.45, 7) is 1.96. The van der Waals surface area contributed by atoms with Gasteiger partial charge in [0, 0.05) is 6.20 Å². The predicted molar refractivity (Wildman–Crippen MR) is 66.3 cm³/mol. The molecule has 0 aliphatic heterocycles. The van der Waals surface area contributed by atoms with Gasteiger partial charge in [-0.1, -0.05) is 17.7 Å². The van der Waals surface area contributed by atoms with Gasteiger partial charge in [0.2, 0.25) is 0 Å². The topological polar surface area (TPSA) is 30.0 Å². The van der Waals surface area contributed by atoms with E-state index in [1.54, 1.807) is 18.3 Å². The van der Waals surface area contributed by atoms with Crippen LogP contribution in [0, 0.1) is 6.92 Å². The lowest BCUT2D eigenvalue weighted by Crippen LogP contribution is -2.04. The first-order valence-electron chi connectivity index (χ1n) is 4.86. The Morgan fingerprint density at radius 3 is 2.88 bits per heavy atom. The zero-order chi connectivity index (χ0) is 11.5. The number of hydrogen-bond acceptors (Lipinski definition) is 3. The fourth-order valence-corrected chi connectivity index (χ4v) is 2.39. The van der Waals surface area contributed by atoms with E-state index in [9.17, 15) is 4.79 Å². The van der Waals surface area contributed by atoms with Gasteiger partial charge < -0.3 is 0 Å². The van der Waals surface area contributed by atoms with E-state index in [1.807, 2.05) is 19.1 Å². The number of hydrogen-bond donors (Lipinski definition) is 0. The molecule has 2 aromatic heterocycles. The Hall–Kier alpha value is -1.19. The van der Waals surface area contributed by atoms with Crippen molar-refractivity contribution in [3.8, 4) is 0 Å². The molecule has 0 aliphatic carbocycles. The second-order valence-electron chi connectivity index (χ2n) is 3.47. The summed E-state index contributed by atoms with van der Waals surface area (Å²) in [6.07, 6.45) is 2.04. The molecule has 2 rings (SSSR count). The number of nitrogens with zero attached hydrogens (tertiary/aromatic N) is 1. The quantitative estimate of drug-likeness (QED) is 0.781. The molecule has 0 saturated heterocycles. The summed E-state index contributed by atoms with van der Waals surface area (Å²) in [4.78, 5) is 16.8. The molecule has 2 heterocycles. The molecule has 0 aromatic carbocycles. The number of carbonyl (C=O) groups excluding carboxylic acids is 1. The van der Waals surface area contributed by atoms with Gasteiger partial charge in [0.25, 0.3) is 0 Å². The third-order valence-corrected chi connectivity index (χ3v) is 3.57. The number of rotatable bonds is 3. The Morgan fingerprint density at radius 1 is 1.44 bits per heavy atom. The SMILES string of the molecule is Cc1cccnc1CC(=O)c1ccc(Cl)s1. The van der Waals surface area contributed by atoms with Crippen molar-refractivity contribution in [2.75, 3.05) is 0 Å². The minimum absolute atomic E-state index is 0.0682. The van der Waals surface area contributed by atoms with Crippen LogP contribution in [-0.4, -0.2) is 10.8 Å². The van der Waals surface area contributed by atoms with Gasteiger partial charge in [-0.15, -0.1) is 11.3 Å². The molecule has 0 atom stereocenters. The Balaban J connectivity index is 2.17. The molecule has 82 valence electrons. The van der Waals surface area contributed by atoms with Gasteiger partial charge in [0.15, 0.2) is 5.78 Å². The summed E-state index contributed by atoms with van der Waals surface area (Å²) in [5.41, 5.74) is 1.87. The fraction of sp³-hybridized carbons (Fsp3) is 0.167. The first kappa shape index (κ1) is 11.3. The smallest absolute Gasteiger partial charge is 0.178 e. The van der Waals surface area contributed by atoms with Crippen LogP contribution >= 0.6 is 22.9 Å². The monoisotopic (exact) mass is 251 g/mol. The maximum atomic E-state index is 11.9. The molecule has 0 unspecified atom stereocenters. The highest BCUT2D eigenvalue weighted by molar-refractivity contribution is 7.18. The van der Waals surface area contributed by atoms with Gasteiger partial charge in [-0.25, -0.2) is 0 Å². The highest BCUT2D eigenvalue weighted by Crippen LogP contribution is 2.22. The van der Waals surface area contributed by atoms with Crippen molar-refractivity contribution in [3.05, 3.63) is 50.9 Å². The molecule has 2 aromatic rings. The zero-order valence-electron chi connectivity index (χ0n) is 8.74. The zero-order valence-corrected chi connectivity index (χ0v) is 10.3. The molecule has 0 spiro atoms. The van der Waals surface area contributed by atoms with Crippen LogP contribution in [0.25, 0.3) is 0 Å². The number of ketones is 1. The molecule has 0 bridgehead atoms. The summed E-state index contributed by atoms with van der Waals surface area (Å²) in [5, 5.41) is 0. The van der Waals surface area contributed by atoms with Gasteiger partial charge in [0.1, 0.15) is 0 Å². The van der Waals surface area contributed by atoms with Gasteiger partial charge in [-0.05, 0) is 30.7 Å². The van der Waals surface area contributed by atoms with Crippen LogP contribution in [0.3, 0.4) is 0 Å². The van der Waals surface area contributed by atoms with Crippen molar-refractivity contribution >= 4 is 28.7 Å². The Bertz CT molecular complexity index is 521. The number of aromatic nitrogens is 1. The molecule has 0 aliphatic rings. The van der Waals surface area contributed by atoms with Crippen LogP contribution in [-0.2, 0) is 6.42 Å². The second-order valence-corrected chi connectivity index (χ2v) is 5.19. The highest BCUT2D eigenvalue weighted by atomic mass is 35.5. The number of aryl methyl sites for hydroxylation is 1. The molecule has 2 nitrogen and oxygen atoms in total. The number of halogens is 1. The van der Waals surface area contributed by atoms with Gasteiger partial charge >= 0.3 is 0 Å². The summed E-state index contributed by atoms with van der Waals surface area (Å²) < 4.78 is 0.640. The van der Waals surface area contributed by atoms with Crippen molar-refractivity contribution in [1.29, 1.82) is 0 Å². The standard InChI is InChI=1S/C12H10ClNOS/c1-8-3-2-6-14-9(8)7-10(15)11-4-5-12(13)16-11/h2-6H,7H2,1H3. The lowest BCUT2D eigenvalue weighted by molar-refractivity contribution is 0.0995. The van der Waals surface area contributed by atoms with Crippen LogP contribution in [0.4, 0.5) is 0 Å². The minimum atomic E-state index is 0.0682. The van der Waals surface area contributed by atoms with E-state index in [2.05, 4.69) is 4.98 Å². The Kier molecular flexibility index (Phi) is 3.36. The average Bonchev–Trinajstić information content (AvgIpc) is 2.68. The largest absolute Gasteiger partial charge is 0.293 e. The Morgan fingerprint density at radius 2 is 2.25 bits per heavy atom. The van der Waals surface area contributed by atoms with E-state index >= 15 is 0 Å². The number of carbonyl (C=O) groups is 1. The molecule has 0 radical (unpaired) electrons. The summed E-state index contributed by atoms with van der Waals surface area (Å²) in [5.74, 6) is 0.0682. The normalized spacial score (nSPS) is 10.4. The number of Topliss-reactive ketones (excluding diaryl/α,β-unsaturated/α-hetero) is 1. The maximum absolute atomic E-state index is 11.9. The minimum Gasteiger partial charge on any atom is -0.293 e.